The third kappa shape index (κ3) is 3.24. The molecule has 0 spiro atoms. The fourth-order valence-electron chi connectivity index (χ4n) is 1.58. The summed E-state index contributed by atoms with van der Waals surface area (Å²) in [6, 6.07) is 8.19. The van der Waals surface area contributed by atoms with E-state index in [-0.39, 0.29) is 5.41 Å². The largest absolute Gasteiger partial charge is 0.378 e. The Bertz CT molecular complexity index is 529. The summed E-state index contributed by atoms with van der Waals surface area (Å²) in [6.07, 6.45) is 1.69. The van der Waals surface area contributed by atoms with E-state index in [0.29, 0.717) is 5.15 Å². The predicted molar refractivity (Wildman–Crippen MR) is 79.6 cm³/mol. The molecule has 0 saturated carbocycles. The van der Waals surface area contributed by atoms with Gasteiger partial charge in [0.05, 0.1) is 5.69 Å². The average Bonchev–Trinajstić information content (AvgIpc) is 2.76. The van der Waals surface area contributed by atoms with Crippen LogP contribution < -0.4 is 5.32 Å². The minimum Gasteiger partial charge on any atom is -0.378 e. The summed E-state index contributed by atoms with van der Waals surface area (Å²) < 4.78 is 0. The molecule has 2 aromatic heterocycles. The summed E-state index contributed by atoms with van der Waals surface area (Å²) in [7, 11) is 0. The van der Waals surface area contributed by atoms with Crippen LogP contribution in [0.25, 0.3) is 0 Å². The summed E-state index contributed by atoms with van der Waals surface area (Å²) in [5, 5.41) is 3.83. The lowest BCUT2D eigenvalue weighted by molar-refractivity contribution is 0.604. The van der Waals surface area contributed by atoms with Crippen molar-refractivity contribution < 1.29 is 0 Å². The second kappa shape index (κ2) is 5.29. The maximum absolute atomic E-state index is 6.00. The predicted octanol–water partition coefficient (Wildman–Crippen LogP) is 4.71. The molecule has 2 rings (SSSR count). The number of hydrogen-bond acceptors (Lipinski definition) is 3. The van der Waals surface area contributed by atoms with Crippen LogP contribution in [0.2, 0.25) is 5.15 Å². The Morgan fingerprint density at radius 2 is 2.06 bits per heavy atom. The van der Waals surface area contributed by atoms with Gasteiger partial charge in [0.15, 0.2) is 5.15 Å². The maximum Gasteiger partial charge on any atom is 0.152 e. The van der Waals surface area contributed by atoms with E-state index < -0.39 is 0 Å². The van der Waals surface area contributed by atoms with E-state index in [0.717, 1.165) is 12.2 Å². The second-order valence-corrected chi connectivity index (χ2v) is 6.74. The van der Waals surface area contributed by atoms with Gasteiger partial charge in [-0.2, -0.15) is 0 Å². The Hall–Kier alpha value is -1.06. The van der Waals surface area contributed by atoms with Crippen LogP contribution in [0.15, 0.2) is 30.5 Å². The summed E-state index contributed by atoms with van der Waals surface area (Å²) in [5.74, 6) is 0. The van der Waals surface area contributed by atoms with Crippen molar-refractivity contribution in [2.24, 2.45) is 0 Å². The highest BCUT2D eigenvalue weighted by molar-refractivity contribution is 7.12. The summed E-state index contributed by atoms with van der Waals surface area (Å²) >= 11 is 7.84. The van der Waals surface area contributed by atoms with Gasteiger partial charge in [0.2, 0.25) is 0 Å². The number of hydrogen-bond donors (Lipinski definition) is 1. The molecule has 0 saturated heterocycles. The minimum atomic E-state index is 0.217. The molecule has 0 aliphatic carbocycles. The standard InChI is InChI=1S/C14H17ClN2S/c1-14(2,3)12-7-6-10(18-12)9-17-11-5-4-8-16-13(11)15/h4-8,17H,9H2,1-3H3. The third-order valence-corrected chi connectivity index (χ3v) is 4.43. The topological polar surface area (TPSA) is 24.9 Å². The SMILES string of the molecule is CC(C)(C)c1ccc(CNc2cccnc2Cl)s1. The first-order chi connectivity index (χ1) is 8.47. The molecule has 2 heterocycles. The van der Waals surface area contributed by atoms with Crippen LogP contribution in [0, 0.1) is 0 Å². The van der Waals surface area contributed by atoms with Crippen molar-refractivity contribution in [2.75, 3.05) is 5.32 Å². The molecule has 2 nitrogen and oxygen atoms in total. The van der Waals surface area contributed by atoms with Gasteiger partial charge in [0, 0.05) is 22.5 Å². The number of anilines is 1. The quantitative estimate of drug-likeness (QED) is 0.824. The van der Waals surface area contributed by atoms with E-state index in [1.54, 1.807) is 6.20 Å². The van der Waals surface area contributed by atoms with Crippen molar-refractivity contribution in [3.8, 4) is 0 Å². The highest BCUT2D eigenvalue weighted by Crippen LogP contribution is 2.30. The van der Waals surface area contributed by atoms with Crippen molar-refractivity contribution in [1.29, 1.82) is 0 Å². The monoisotopic (exact) mass is 280 g/mol. The molecule has 0 aliphatic rings. The lowest BCUT2D eigenvalue weighted by atomic mass is 9.95. The van der Waals surface area contributed by atoms with Gasteiger partial charge in [-0.15, -0.1) is 11.3 Å². The highest BCUT2D eigenvalue weighted by Gasteiger charge is 2.15. The molecule has 0 unspecified atom stereocenters. The van der Waals surface area contributed by atoms with E-state index in [1.165, 1.54) is 9.75 Å². The normalized spacial score (nSPS) is 11.6. The molecule has 0 bridgehead atoms. The maximum atomic E-state index is 6.00. The molecule has 0 amide bonds. The zero-order chi connectivity index (χ0) is 13.2. The first kappa shape index (κ1) is 13.4. The van der Waals surface area contributed by atoms with E-state index in [2.05, 4.69) is 43.2 Å². The van der Waals surface area contributed by atoms with Crippen LogP contribution in [-0.2, 0) is 12.0 Å². The van der Waals surface area contributed by atoms with Gasteiger partial charge in [0.1, 0.15) is 0 Å². The molecular weight excluding hydrogens is 264 g/mol. The highest BCUT2D eigenvalue weighted by atomic mass is 35.5. The second-order valence-electron chi connectivity index (χ2n) is 5.21. The molecule has 2 aromatic rings. The fraction of sp³-hybridized carbons (Fsp3) is 0.357. The fourth-order valence-corrected chi connectivity index (χ4v) is 2.77. The van der Waals surface area contributed by atoms with Crippen LogP contribution in [0.4, 0.5) is 5.69 Å². The molecule has 4 heteroatoms. The van der Waals surface area contributed by atoms with Crippen LogP contribution in [-0.4, -0.2) is 4.98 Å². The Labute approximate surface area is 117 Å². The summed E-state index contributed by atoms with van der Waals surface area (Å²) in [5.41, 5.74) is 1.10. The number of thiophene rings is 1. The lowest BCUT2D eigenvalue weighted by Crippen LogP contribution is -2.07. The molecule has 1 N–H and O–H groups in total. The van der Waals surface area contributed by atoms with Gasteiger partial charge < -0.3 is 5.32 Å². The van der Waals surface area contributed by atoms with Crippen molar-refractivity contribution in [3.63, 3.8) is 0 Å². The van der Waals surface area contributed by atoms with Gasteiger partial charge in [-0.25, -0.2) is 4.98 Å². The first-order valence-electron chi connectivity index (χ1n) is 5.90. The summed E-state index contributed by atoms with van der Waals surface area (Å²) in [4.78, 5) is 6.75. The Morgan fingerprint density at radius 1 is 1.28 bits per heavy atom. The molecule has 0 aliphatic heterocycles. The minimum absolute atomic E-state index is 0.217. The van der Waals surface area contributed by atoms with E-state index in [9.17, 15) is 0 Å². The summed E-state index contributed by atoms with van der Waals surface area (Å²) in [6.45, 7) is 7.47. The van der Waals surface area contributed by atoms with Crippen molar-refractivity contribution in [3.05, 3.63) is 45.4 Å². The van der Waals surface area contributed by atoms with E-state index >= 15 is 0 Å². The van der Waals surface area contributed by atoms with Gasteiger partial charge >= 0.3 is 0 Å². The van der Waals surface area contributed by atoms with Crippen molar-refractivity contribution >= 4 is 28.6 Å². The van der Waals surface area contributed by atoms with Gasteiger partial charge in [-0.1, -0.05) is 32.4 Å². The zero-order valence-electron chi connectivity index (χ0n) is 10.8. The molecule has 0 radical (unpaired) electrons. The third-order valence-electron chi connectivity index (χ3n) is 2.61. The van der Waals surface area contributed by atoms with Crippen LogP contribution >= 0.6 is 22.9 Å². The Morgan fingerprint density at radius 3 is 2.67 bits per heavy atom. The molecule has 0 fully saturated rings. The Kier molecular flexibility index (Phi) is 3.93. The van der Waals surface area contributed by atoms with Gasteiger partial charge in [-0.05, 0) is 29.7 Å². The number of pyridine rings is 1. The number of halogens is 1. The molecule has 18 heavy (non-hydrogen) atoms. The van der Waals surface area contributed by atoms with Crippen LogP contribution in [0.3, 0.4) is 0 Å². The van der Waals surface area contributed by atoms with E-state index in [1.807, 2.05) is 23.5 Å². The van der Waals surface area contributed by atoms with Crippen LogP contribution in [0.5, 0.6) is 0 Å². The molecule has 0 atom stereocenters. The Balaban J connectivity index is 2.03. The molecule has 96 valence electrons. The van der Waals surface area contributed by atoms with Crippen LogP contribution in [0.1, 0.15) is 30.5 Å². The number of nitrogens with one attached hydrogen (secondary N) is 1. The zero-order valence-corrected chi connectivity index (χ0v) is 12.4. The smallest absolute Gasteiger partial charge is 0.152 e. The molecule has 0 aromatic carbocycles. The number of rotatable bonds is 3. The van der Waals surface area contributed by atoms with Crippen molar-refractivity contribution in [2.45, 2.75) is 32.7 Å². The average molecular weight is 281 g/mol. The number of aromatic nitrogens is 1. The van der Waals surface area contributed by atoms with Crippen molar-refractivity contribution in [1.82, 2.24) is 4.98 Å². The first-order valence-corrected chi connectivity index (χ1v) is 7.10. The van der Waals surface area contributed by atoms with Gasteiger partial charge in [0.25, 0.3) is 0 Å². The molecular formula is C14H17ClN2S. The lowest BCUT2D eigenvalue weighted by Gasteiger charge is -2.15. The van der Waals surface area contributed by atoms with Gasteiger partial charge in [-0.3, -0.25) is 0 Å². The van der Waals surface area contributed by atoms with E-state index in [4.69, 9.17) is 11.6 Å². The number of nitrogens with zero attached hydrogens (tertiary/aromatic N) is 1.